The first-order valence-corrected chi connectivity index (χ1v) is 7.73. The van der Waals surface area contributed by atoms with Gasteiger partial charge in [0.15, 0.2) is 0 Å². The van der Waals surface area contributed by atoms with Crippen molar-refractivity contribution < 1.29 is 22.7 Å². The molecule has 21 heavy (non-hydrogen) atoms. The number of aliphatic hydroxyl groups excluding tert-OH is 1. The van der Waals surface area contributed by atoms with Crippen molar-refractivity contribution in [3.8, 4) is 11.8 Å². The monoisotopic (exact) mass is 314 g/mol. The molecular formula is C13H15FN2O4S. The second-order valence-electron chi connectivity index (χ2n) is 4.72. The Morgan fingerprint density at radius 3 is 2.86 bits per heavy atom. The lowest BCUT2D eigenvalue weighted by Gasteiger charge is -2.23. The minimum atomic E-state index is -4.00. The zero-order valence-electron chi connectivity index (χ0n) is 11.4. The molecule has 0 bridgehead atoms. The van der Waals surface area contributed by atoms with E-state index >= 15 is 0 Å². The van der Waals surface area contributed by atoms with Crippen LogP contribution >= 0.6 is 0 Å². The van der Waals surface area contributed by atoms with E-state index < -0.39 is 28.8 Å². The Bertz CT molecular complexity index is 671. The third-order valence-electron chi connectivity index (χ3n) is 3.40. The predicted molar refractivity (Wildman–Crippen MR) is 72.0 cm³/mol. The van der Waals surface area contributed by atoms with Crippen LogP contribution < -0.4 is 4.74 Å². The first-order valence-electron chi connectivity index (χ1n) is 6.29. The van der Waals surface area contributed by atoms with Gasteiger partial charge in [-0.05, 0) is 24.6 Å². The fraction of sp³-hybridized carbons (Fsp3) is 0.462. The first kappa shape index (κ1) is 15.7. The van der Waals surface area contributed by atoms with Crippen LogP contribution in [0.2, 0.25) is 0 Å². The zero-order valence-corrected chi connectivity index (χ0v) is 12.2. The summed E-state index contributed by atoms with van der Waals surface area (Å²) in [6.07, 6.45) is -1.34. The maximum Gasteiger partial charge on any atom is 0.247 e. The number of methoxy groups -OCH3 is 1. The molecule has 0 amide bonds. The highest BCUT2D eigenvalue weighted by molar-refractivity contribution is 7.89. The smallest absolute Gasteiger partial charge is 0.247 e. The topological polar surface area (TPSA) is 90.6 Å². The van der Waals surface area contributed by atoms with Gasteiger partial charge in [0.25, 0.3) is 0 Å². The summed E-state index contributed by atoms with van der Waals surface area (Å²) in [6.45, 7) is -0.741. The minimum absolute atomic E-state index is 0.0213. The molecule has 0 saturated carbocycles. The molecule has 1 aliphatic rings. The number of halogens is 1. The highest BCUT2D eigenvalue weighted by Crippen LogP contribution is 2.32. The van der Waals surface area contributed by atoms with Gasteiger partial charge in [-0.1, -0.05) is 0 Å². The number of benzene rings is 1. The third kappa shape index (κ3) is 2.85. The van der Waals surface area contributed by atoms with Crippen LogP contribution in [0.15, 0.2) is 23.1 Å². The molecule has 2 rings (SSSR count). The molecule has 1 heterocycles. The largest absolute Gasteiger partial charge is 0.495 e. The summed E-state index contributed by atoms with van der Waals surface area (Å²) in [5, 5.41) is 18.1. The average Bonchev–Trinajstić information content (AvgIpc) is 2.88. The van der Waals surface area contributed by atoms with Crippen LogP contribution in [0.4, 0.5) is 4.39 Å². The summed E-state index contributed by atoms with van der Waals surface area (Å²) < 4.78 is 44.7. The van der Waals surface area contributed by atoms with E-state index in [0.29, 0.717) is 0 Å². The van der Waals surface area contributed by atoms with Gasteiger partial charge < -0.3 is 9.84 Å². The molecule has 0 aromatic heterocycles. The number of ether oxygens (including phenoxy) is 1. The maximum atomic E-state index is 13.5. The lowest BCUT2D eigenvalue weighted by Crippen LogP contribution is -2.38. The predicted octanol–water partition coefficient (Wildman–Crippen LogP) is 0.660. The van der Waals surface area contributed by atoms with Crippen LogP contribution in [-0.2, 0) is 10.0 Å². The molecule has 114 valence electrons. The fourth-order valence-corrected chi connectivity index (χ4v) is 4.16. The second-order valence-corrected chi connectivity index (χ2v) is 6.58. The molecule has 0 aliphatic carbocycles. The van der Waals surface area contributed by atoms with E-state index in [2.05, 4.69) is 0 Å². The third-order valence-corrected chi connectivity index (χ3v) is 5.36. The number of alkyl halides is 1. The van der Waals surface area contributed by atoms with Crippen LogP contribution in [0.25, 0.3) is 0 Å². The van der Waals surface area contributed by atoms with Gasteiger partial charge in [0.2, 0.25) is 10.0 Å². The van der Waals surface area contributed by atoms with Crippen molar-refractivity contribution in [2.24, 2.45) is 0 Å². The van der Waals surface area contributed by atoms with Crippen LogP contribution in [0, 0.1) is 11.3 Å². The van der Waals surface area contributed by atoms with E-state index in [9.17, 15) is 17.9 Å². The molecule has 1 N–H and O–H groups in total. The van der Waals surface area contributed by atoms with E-state index in [1.165, 1.54) is 25.3 Å². The molecule has 1 aromatic rings. The summed E-state index contributed by atoms with van der Waals surface area (Å²) in [5.74, 6) is 0.0213. The van der Waals surface area contributed by atoms with Crippen molar-refractivity contribution in [3.63, 3.8) is 0 Å². The molecule has 6 nitrogen and oxygen atoms in total. The summed E-state index contributed by atoms with van der Waals surface area (Å²) >= 11 is 0. The lowest BCUT2D eigenvalue weighted by atomic mass is 10.2. The molecule has 1 saturated heterocycles. The van der Waals surface area contributed by atoms with Gasteiger partial charge in [0.05, 0.1) is 31.4 Å². The molecular weight excluding hydrogens is 299 g/mol. The number of sulfonamides is 1. The van der Waals surface area contributed by atoms with E-state index in [1.54, 1.807) is 0 Å². The standard InChI is InChI=1S/C13H15FN2O4S/c1-20-12-4-9(6-15)2-3-13(12)21(18,19)16-7-10(14)5-11(16)8-17/h2-4,10-11,17H,5,7-8H2,1H3/t10-,11-/m0/s1. The van der Waals surface area contributed by atoms with Crippen LogP contribution in [0.1, 0.15) is 12.0 Å². The number of hydrogen-bond acceptors (Lipinski definition) is 5. The Labute approximate surface area is 122 Å². The first-order chi connectivity index (χ1) is 9.93. The molecule has 0 spiro atoms. The van der Waals surface area contributed by atoms with E-state index in [4.69, 9.17) is 10.00 Å². The van der Waals surface area contributed by atoms with E-state index in [0.717, 1.165) is 4.31 Å². The molecule has 1 aromatic carbocycles. The number of nitriles is 1. The SMILES string of the molecule is COc1cc(C#N)ccc1S(=O)(=O)N1C[C@@H](F)C[C@H]1CO. The van der Waals surface area contributed by atoms with E-state index in [1.807, 2.05) is 6.07 Å². The quantitative estimate of drug-likeness (QED) is 0.881. The van der Waals surface area contributed by atoms with Crippen LogP contribution in [-0.4, -0.2) is 50.3 Å². The van der Waals surface area contributed by atoms with Gasteiger partial charge in [0.1, 0.15) is 16.8 Å². The summed E-state index contributed by atoms with van der Waals surface area (Å²) in [6, 6.07) is 5.02. The zero-order chi connectivity index (χ0) is 15.6. The summed E-state index contributed by atoms with van der Waals surface area (Å²) in [5.41, 5.74) is 0.259. The highest BCUT2D eigenvalue weighted by atomic mass is 32.2. The minimum Gasteiger partial charge on any atom is -0.495 e. The van der Waals surface area contributed by atoms with Gasteiger partial charge in [-0.15, -0.1) is 0 Å². The van der Waals surface area contributed by atoms with Crippen molar-refractivity contribution in [2.75, 3.05) is 20.3 Å². The fourth-order valence-electron chi connectivity index (χ4n) is 2.37. The van der Waals surface area contributed by atoms with Crippen molar-refractivity contribution >= 4 is 10.0 Å². The Balaban J connectivity index is 2.47. The lowest BCUT2D eigenvalue weighted by molar-refractivity contribution is 0.212. The van der Waals surface area contributed by atoms with Gasteiger partial charge in [-0.3, -0.25) is 0 Å². The summed E-state index contributed by atoms with van der Waals surface area (Å²) in [7, 11) is -2.71. The van der Waals surface area contributed by atoms with Crippen molar-refractivity contribution in [3.05, 3.63) is 23.8 Å². The molecule has 1 fully saturated rings. The second kappa shape index (κ2) is 5.97. The van der Waals surface area contributed by atoms with Crippen LogP contribution in [0.5, 0.6) is 5.75 Å². The highest BCUT2D eigenvalue weighted by Gasteiger charge is 2.41. The maximum absolute atomic E-state index is 13.5. The molecule has 2 atom stereocenters. The average molecular weight is 314 g/mol. The van der Waals surface area contributed by atoms with Gasteiger partial charge in [-0.25, -0.2) is 12.8 Å². The molecule has 8 heteroatoms. The molecule has 1 aliphatic heterocycles. The Hall–Kier alpha value is -1.69. The van der Waals surface area contributed by atoms with Crippen LogP contribution in [0.3, 0.4) is 0 Å². The van der Waals surface area contributed by atoms with Crippen molar-refractivity contribution in [1.82, 2.24) is 4.31 Å². The Morgan fingerprint density at radius 2 is 2.29 bits per heavy atom. The van der Waals surface area contributed by atoms with Gasteiger partial charge in [-0.2, -0.15) is 9.57 Å². The van der Waals surface area contributed by atoms with Gasteiger partial charge in [0, 0.05) is 6.54 Å². The number of aliphatic hydroxyl groups is 1. The normalized spacial score (nSPS) is 23.0. The van der Waals surface area contributed by atoms with Crippen molar-refractivity contribution in [2.45, 2.75) is 23.5 Å². The number of hydrogen-bond donors (Lipinski definition) is 1. The van der Waals surface area contributed by atoms with Gasteiger partial charge >= 0.3 is 0 Å². The number of rotatable bonds is 4. The molecule has 0 unspecified atom stereocenters. The Morgan fingerprint density at radius 1 is 1.57 bits per heavy atom. The van der Waals surface area contributed by atoms with Crippen molar-refractivity contribution in [1.29, 1.82) is 5.26 Å². The number of nitrogens with zero attached hydrogens (tertiary/aromatic N) is 2. The Kier molecular flexibility index (Phi) is 4.46. The summed E-state index contributed by atoms with van der Waals surface area (Å²) in [4.78, 5) is -0.142. The molecule has 0 radical (unpaired) electrons. The van der Waals surface area contributed by atoms with E-state index in [-0.39, 0.29) is 29.2 Å².